The molecule has 4 nitrogen and oxygen atoms in total. The Morgan fingerprint density at radius 3 is 2.24 bits per heavy atom. The van der Waals surface area contributed by atoms with Crippen LogP contribution >= 0.6 is 0 Å². The predicted octanol–water partition coefficient (Wildman–Crippen LogP) is 2.63. The van der Waals surface area contributed by atoms with E-state index in [1.165, 1.54) is 0 Å². The van der Waals surface area contributed by atoms with E-state index in [4.69, 9.17) is 0 Å². The third kappa shape index (κ3) is 4.74. The average molecular weight is 292 g/mol. The van der Waals surface area contributed by atoms with E-state index in [0.29, 0.717) is 6.54 Å². The Hall–Kier alpha value is -1.55. The number of amides is 1. The number of nitrogens with one attached hydrogen (secondary N) is 2. The molecule has 118 valence electrons. The molecule has 0 saturated carbocycles. The summed E-state index contributed by atoms with van der Waals surface area (Å²) in [5.41, 5.74) is 3.09. The quantitative estimate of drug-likeness (QED) is 0.690. The summed E-state index contributed by atoms with van der Waals surface area (Å²) in [5, 5.41) is 15.6. The van der Waals surface area contributed by atoms with Gasteiger partial charge in [0.2, 0.25) is 5.91 Å². The lowest BCUT2D eigenvalue weighted by atomic mass is 9.83. The molecule has 0 bridgehead atoms. The van der Waals surface area contributed by atoms with Crippen LogP contribution in [0.15, 0.2) is 18.2 Å². The van der Waals surface area contributed by atoms with Gasteiger partial charge in [0.15, 0.2) is 0 Å². The molecule has 3 N–H and O–H groups in total. The lowest BCUT2D eigenvalue weighted by molar-refractivity contribution is -0.120. The summed E-state index contributed by atoms with van der Waals surface area (Å²) in [6, 6.07) is 6.06. The van der Waals surface area contributed by atoms with Gasteiger partial charge in [0.05, 0.1) is 13.2 Å². The number of carbonyl (C=O) groups is 1. The van der Waals surface area contributed by atoms with Crippen molar-refractivity contribution >= 4 is 11.6 Å². The molecule has 0 radical (unpaired) electrons. The van der Waals surface area contributed by atoms with Crippen LogP contribution in [0, 0.1) is 19.3 Å². The molecule has 0 spiro atoms. The van der Waals surface area contributed by atoms with Crippen molar-refractivity contribution in [3.05, 3.63) is 29.3 Å². The van der Waals surface area contributed by atoms with Crippen LogP contribution in [0.25, 0.3) is 0 Å². The van der Waals surface area contributed by atoms with E-state index in [0.717, 1.165) is 29.7 Å². The highest BCUT2D eigenvalue weighted by atomic mass is 16.3. The zero-order valence-corrected chi connectivity index (χ0v) is 13.6. The summed E-state index contributed by atoms with van der Waals surface area (Å²) in [6.45, 7) is 9.01. The van der Waals surface area contributed by atoms with Crippen molar-refractivity contribution in [3.8, 4) is 0 Å². The monoisotopic (exact) mass is 292 g/mol. The maximum atomic E-state index is 12.0. The summed E-state index contributed by atoms with van der Waals surface area (Å²) in [7, 11) is 0. The summed E-state index contributed by atoms with van der Waals surface area (Å²) < 4.78 is 0. The molecular weight excluding hydrogens is 264 g/mol. The Morgan fingerprint density at radius 1 is 1.19 bits per heavy atom. The number of hydrogen-bond donors (Lipinski definition) is 3. The van der Waals surface area contributed by atoms with Crippen LogP contribution in [0.1, 0.15) is 37.8 Å². The zero-order valence-electron chi connectivity index (χ0n) is 13.6. The van der Waals surface area contributed by atoms with Crippen LogP contribution in [0.4, 0.5) is 5.69 Å². The SMILES string of the molecule is CCC(CC)(CO)CNC(=O)CNc1c(C)cccc1C. The number of aliphatic hydroxyl groups excluding tert-OH is 1. The fraction of sp³-hybridized carbons (Fsp3) is 0.588. The molecule has 21 heavy (non-hydrogen) atoms. The predicted molar refractivity (Wildman–Crippen MR) is 87.5 cm³/mol. The van der Waals surface area contributed by atoms with Gasteiger partial charge in [0.1, 0.15) is 0 Å². The number of hydrogen-bond acceptors (Lipinski definition) is 3. The maximum absolute atomic E-state index is 12.0. The van der Waals surface area contributed by atoms with E-state index in [1.54, 1.807) is 0 Å². The lowest BCUT2D eigenvalue weighted by Crippen LogP contribution is -2.41. The van der Waals surface area contributed by atoms with E-state index < -0.39 is 0 Å². The van der Waals surface area contributed by atoms with Crippen LogP contribution in [0.5, 0.6) is 0 Å². The van der Waals surface area contributed by atoms with Crippen LogP contribution in [0.3, 0.4) is 0 Å². The summed E-state index contributed by atoms with van der Waals surface area (Å²) in [5.74, 6) is -0.0441. The molecule has 1 aromatic carbocycles. The zero-order chi connectivity index (χ0) is 15.9. The largest absolute Gasteiger partial charge is 0.396 e. The minimum absolute atomic E-state index is 0.0441. The van der Waals surface area contributed by atoms with Crippen molar-refractivity contribution in [2.24, 2.45) is 5.41 Å². The molecule has 1 aromatic rings. The summed E-state index contributed by atoms with van der Waals surface area (Å²) in [6.07, 6.45) is 1.70. The first-order valence-electron chi connectivity index (χ1n) is 7.65. The molecule has 0 unspecified atom stereocenters. The first-order chi connectivity index (χ1) is 9.98. The van der Waals surface area contributed by atoms with Crippen LogP contribution < -0.4 is 10.6 Å². The van der Waals surface area contributed by atoms with Crippen molar-refractivity contribution < 1.29 is 9.90 Å². The molecule has 0 aliphatic rings. The molecular formula is C17H28N2O2. The second kappa shape index (κ2) is 8.03. The molecule has 0 heterocycles. The van der Waals surface area contributed by atoms with Gasteiger partial charge in [0.25, 0.3) is 0 Å². The molecule has 0 saturated heterocycles. The second-order valence-corrected chi connectivity index (χ2v) is 5.76. The number of rotatable bonds is 8. The highest BCUT2D eigenvalue weighted by Gasteiger charge is 2.25. The first kappa shape index (κ1) is 17.5. The molecule has 1 amide bonds. The van der Waals surface area contributed by atoms with Gasteiger partial charge >= 0.3 is 0 Å². The second-order valence-electron chi connectivity index (χ2n) is 5.76. The third-order valence-corrected chi connectivity index (χ3v) is 4.40. The van der Waals surface area contributed by atoms with Gasteiger partial charge in [-0.25, -0.2) is 0 Å². The minimum Gasteiger partial charge on any atom is -0.396 e. The van der Waals surface area contributed by atoms with E-state index in [-0.39, 0.29) is 24.5 Å². The fourth-order valence-electron chi connectivity index (χ4n) is 2.39. The molecule has 1 rings (SSSR count). The molecule has 0 aliphatic carbocycles. The number of aryl methyl sites for hydroxylation is 2. The fourth-order valence-corrected chi connectivity index (χ4v) is 2.39. The third-order valence-electron chi connectivity index (χ3n) is 4.40. The maximum Gasteiger partial charge on any atom is 0.239 e. The smallest absolute Gasteiger partial charge is 0.239 e. The number of para-hydroxylation sites is 1. The number of aliphatic hydroxyl groups is 1. The molecule has 4 heteroatoms. The van der Waals surface area contributed by atoms with Crippen molar-refractivity contribution in [1.82, 2.24) is 5.32 Å². The molecule has 0 aromatic heterocycles. The van der Waals surface area contributed by atoms with Crippen molar-refractivity contribution in [3.63, 3.8) is 0 Å². The van der Waals surface area contributed by atoms with Crippen molar-refractivity contribution in [1.29, 1.82) is 0 Å². The van der Waals surface area contributed by atoms with Gasteiger partial charge in [0, 0.05) is 17.6 Å². The van der Waals surface area contributed by atoms with E-state index in [1.807, 2.05) is 45.9 Å². The van der Waals surface area contributed by atoms with Gasteiger partial charge in [-0.15, -0.1) is 0 Å². The standard InChI is InChI=1S/C17H28N2O2/c1-5-17(6-2,12-20)11-19-15(21)10-18-16-13(3)8-7-9-14(16)4/h7-9,18,20H,5-6,10-12H2,1-4H3,(H,19,21). The van der Waals surface area contributed by atoms with Crippen molar-refractivity contribution in [2.75, 3.05) is 25.0 Å². The Kier molecular flexibility index (Phi) is 6.69. The van der Waals surface area contributed by atoms with Crippen LogP contribution in [-0.4, -0.2) is 30.7 Å². The number of benzene rings is 1. The summed E-state index contributed by atoms with van der Waals surface area (Å²) in [4.78, 5) is 12.0. The van der Waals surface area contributed by atoms with E-state index in [2.05, 4.69) is 10.6 Å². The summed E-state index contributed by atoms with van der Waals surface area (Å²) >= 11 is 0. The molecule has 0 aliphatic heterocycles. The molecule has 0 fully saturated rings. The van der Waals surface area contributed by atoms with Gasteiger partial charge in [-0.2, -0.15) is 0 Å². The Labute approximate surface area is 128 Å². The van der Waals surface area contributed by atoms with E-state index in [9.17, 15) is 9.90 Å². The highest BCUT2D eigenvalue weighted by Crippen LogP contribution is 2.24. The average Bonchev–Trinajstić information content (AvgIpc) is 2.49. The Morgan fingerprint density at radius 2 is 1.76 bits per heavy atom. The van der Waals surface area contributed by atoms with Crippen LogP contribution in [0.2, 0.25) is 0 Å². The first-order valence-corrected chi connectivity index (χ1v) is 7.65. The van der Waals surface area contributed by atoms with Gasteiger partial charge in [-0.05, 0) is 37.8 Å². The Balaban J connectivity index is 2.52. The van der Waals surface area contributed by atoms with Gasteiger partial charge in [-0.1, -0.05) is 32.0 Å². The number of anilines is 1. The lowest BCUT2D eigenvalue weighted by Gasteiger charge is -2.29. The molecule has 0 atom stereocenters. The normalized spacial score (nSPS) is 11.3. The number of carbonyl (C=O) groups excluding carboxylic acids is 1. The minimum atomic E-state index is -0.200. The van der Waals surface area contributed by atoms with Crippen LogP contribution in [-0.2, 0) is 4.79 Å². The van der Waals surface area contributed by atoms with Gasteiger partial charge in [-0.3, -0.25) is 4.79 Å². The van der Waals surface area contributed by atoms with Gasteiger partial charge < -0.3 is 15.7 Å². The highest BCUT2D eigenvalue weighted by molar-refractivity contribution is 5.81. The topological polar surface area (TPSA) is 61.4 Å². The van der Waals surface area contributed by atoms with Crippen molar-refractivity contribution in [2.45, 2.75) is 40.5 Å². The Bertz CT molecular complexity index is 439. The van der Waals surface area contributed by atoms with E-state index >= 15 is 0 Å².